The van der Waals surface area contributed by atoms with E-state index in [2.05, 4.69) is 4.98 Å². The van der Waals surface area contributed by atoms with Crippen LogP contribution in [-0.4, -0.2) is 34.4 Å². The summed E-state index contributed by atoms with van der Waals surface area (Å²) in [4.78, 5) is 45.4. The van der Waals surface area contributed by atoms with Gasteiger partial charge >= 0.3 is 11.9 Å². The number of carbonyl (C=O) groups is 3. The number of amides is 1. The van der Waals surface area contributed by atoms with Crippen LogP contribution in [0.5, 0.6) is 5.75 Å². The zero-order valence-electron chi connectivity index (χ0n) is 21.9. The van der Waals surface area contributed by atoms with Crippen LogP contribution in [0.3, 0.4) is 0 Å². The normalized spacial score (nSPS) is 16.2. The molecule has 9 heteroatoms. The van der Waals surface area contributed by atoms with Crippen LogP contribution in [0.25, 0.3) is 5.76 Å². The van der Waals surface area contributed by atoms with E-state index in [1.807, 2.05) is 30.3 Å². The third-order valence-electron chi connectivity index (χ3n) is 6.37. The lowest BCUT2D eigenvalue weighted by atomic mass is 9.95. The molecule has 0 aliphatic carbocycles. The highest BCUT2D eigenvalue weighted by Crippen LogP contribution is 2.44. The van der Waals surface area contributed by atoms with Gasteiger partial charge in [-0.25, -0.2) is 9.78 Å². The van der Waals surface area contributed by atoms with Crippen LogP contribution in [0.1, 0.15) is 45.0 Å². The Morgan fingerprint density at radius 2 is 1.70 bits per heavy atom. The summed E-state index contributed by atoms with van der Waals surface area (Å²) in [6.45, 7) is 3.84. The molecule has 1 aromatic heterocycles. The first kappa shape index (κ1) is 26.8. The number of ether oxygens (including phenoxy) is 2. The summed E-state index contributed by atoms with van der Waals surface area (Å²) >= 11 is 0.962. The number of aryl methyl sites for hydroxylation is 1. The van der Waals surface area contributed by atoms with Crippen LogP contribution in [0, 0.1) is 6.92 Å². The van der Waals surface area contributed by atoms with E-state index in [1.54, 1.807) is 68.4 Å². The quantitative estimate of drug-likeness (QED) is 0.126. The predicted molar refractivity (Wildman–Crippen MR) is 151 cm³/mol. The number of aliphatic hydroxyl groups excluding tert-OH is 1. The summed E-state index contributed by atoms with van der Waals surface area (Å²) in [5.74, 6) is -2.05. The lowest BCUT2D eigenvalue weighted by Crippen LogP contribution is -2.29. The van der Waals surface area contributed by atoms with Crippen molar-refractivity contribution in [3.8, 4) is 5.75 Å². The van der Waals surface area contributed by atoms with Gasteiger partial charge in [0.15, 0.2) is 5.13 Å². The number of rotatable bonds is 8. The smallest absolute Gasteiger partial charge is 0.350 e. The van der Waals surface area contributed by atoms with E-state index >= 15 is 0 Å². The molecule has 3 aromatic carbocycles. The monoisotopic (exact) mass is 554 g/mol. The topological polar surface area (TPSA) is 106 Å². The van der Waals surface area contributed by atoms with Crippen molar-refractivity contribution in [1.82, 2.24) is 4.98 Å². The largest absolute Gasteiger partial charge is 0.507 e. The van der Waals surface area contributed by atoms with E-state index in [9.17, 15) is 19.5 Å². The van der Waals surface area contributed by atoms with Crippen LogP contribution in [-0.2, 0) is 20.9 Å². The Hall–Kier alpha value is -4.76. The zero-order chi connectivity index (χ0) is 28.2. The number of aromatic nitrogens is 1. The van der Waals surface area contributed by atoms with E-state index in [0.29, 0.717) is 29.2 Å². The summed E-state index contributed by atoms with van der Waals surface area (Å²) < 4.78 is 11.1. The van der Waals surface area contributed by atoms with Crippen molar-refractivity contribution in [1.29, 1.82) is 0 Å². The summed E-state index contributed by atoms with van der Waals surface area (Å²) in [6.07, 6.45) is 0. The average Bonchev–Trinajstić information content (AvgIpc) is 3.49. The SMILES string of the molecule is CCOC(=O)c1sc(N2C(=O)C(=O)/C(=C(/O)c3ccccc3)C2c2cccc(OCc3ccccc3)c2)nc1C. The van der Waals surface area contributed by atoms with Crippen LogP contribution in [0.4, 0.5) is 5.13 Å². The fourth-order valence-corrected chi connectivity index (χ4v) is 5.47. The lowest BCUT2D eigenvalue weighted by Gasteiger charge is -2.23. The number of Topliss-reactive ketones (excluding diaryl/α,β-unsaturated/α-hetero) is 1. The molecule has 0 spiro atoms. The highest BCUT2D eigenvalue weighted by molar-refractivity contribution is 7.17. The number of benzene rings is 3. The summed E-state index contributed by atoms with van der Waals surface area (Å²) in [5, 5.41) is 11.5. The molecule has 1 aliphatic heterocycles. The molecule has 0 saturated carbocycles. The number of hydrogen-bond donors (Lipinski definition) is 1. The standard InChI is InChI=1S/C31H26N2O6S/c1-3-38-30(37)28-19(2)32-31(40-28)33-25(24(27(35)29(33)36)26(34)21-13-8-5-9-14-21)22-15-10-16-23(17-22)39-18-20-11-6-4-7-12-20/h4-17,25,34H,3,18H2,1-2H3/b26-24+. The molecular weight excluding hydrogens is 528 g/mol. The van der Waals surface area contributed by atoms with Crippen molar-refractivity contribution in [2.45, 2.75) is 26.5 Å². The highest BCUT2D eigenvalue weighted by Gasteiger charge is 2.48. The van der Waals surface area contributed by atoms with Gasteiger partial charge in [-0.15, -0.1) is 0 Å². The van der Waals surface area contributed by atoms with Crippen LogP contribution in [0.2, 0.25) is 0 Å². The first-order chi connectivity index (χ1) is 19.4. The molecular formula is C31H26N2O6S. The van der Waals surface area contributed by atoms with Gasteiger partial charge in [0.25, 0.3) is 5.78 Å². The molecule has 1 N–H and O–H groups in total. The summed E-state index contributed by atoms with van der Waals surface area (Å²) in [7, 11) is 0. The van der Waals surface area contributed by atoms with Crippen LogP contribution in [0.15, 0.2) is 90.5 Å². The molecule has 5 rings (SSSR count). The maximum absolute atomic E-state index is 13.5. The number of carbonyl (C=O) groups excluding carboxylic acids is 3. The third kappa shape index (κ3) is 5.23. The number of thiazole rings is 1. The molecule has 1 fully saturated rings. The predicted octanol–water partition coefficient (Wildman–Crippen LogP) is 5.83. The van der Waals surface area contributed by atoms with Crippen molar-refractivity contribution in [3.05, 3.63) is 118 Å². The number of anilines is 1. The van der Waals surface area contributed by atoms with Crippen LogP contribution >= 0.6 is 11.3 Å². The first-order valence-electron chi connectivity index (χ1n) is 12.7. The van der Waals surface area contributed by atoms with Gasteiger partial charge in [0, 0.05) is 5.56 Å². The number of nitrogens with zero attached hydrogens (tertiary/aromatic N) is 2. The van der Waals surface area contributed by atoms with Gasteiger partial charge < -0.3 is 14.6 Å². The van der Waals surface area contributed by atoms with E-state index in [1.165, 1.54) is 4.90 Å². The summed E-state index contributed by atoms with van der Waals surface area (Å²) in [5.41, 5.74) is 2.20. The van der Waals surface area contributed by atoms with Gasteiger partial charge in [-0.1, -0.05) is 84.1 Å². The second kappa shape index (κ2) is 11.5. The molecule has 0 radical (unpaired) electrons. The zero-order valence-corrected chi connectivity index (χ0v) is 22.7. The first-order valence-corrected chi connectivity index (χ1v) is 13.5. The molecule has 1 atom stereocenters. The van der Waals surface area contributed by atoms with E-state index in [0.717, 1.165) is 16.9 Å². The molecule has 1 unspecified atom stereocenters. The van der Waals surface area contributed by atoms with Crippen molar-refractivity contribution in [2.75, 3.05) is 11.5 Å². The lowest BCUT2D eigenvalue weighted by molar-refractivity contribution is -0.132. The van der Waals surface area contributed by atoms with Gasteiger partial charge in [-0.05, 0) is 37.1 Å². The molecule has 40 heavy (non-hydrogen) atoms. The number of hydrogen-bond acceptors (Lipinski definition) is 8. The number of esters is 1. The van der Waals surface area contributed by atoms with Crippen LogP contribution < -0.4 is 9.64 Å². The Morgan fingerprint density at radius 3 is 2.40 bits per heavy atom. The van der Waals surface area contributed by atoms with Gasteiger partial charge in [0.1, 0.15) is 23.0 Å². The minimum atomic E-state index is -1.01. The molecule has 8 nitrogen and oxygen atoms in total. The Labute approximate surface area is 235 Å². The van der Waals surface area contributed by atoms with E-state index in [4.69, 9.17) is 9.47 Å². The maximum atomic E-state index is 13.5. The molecule has 4 aromatic rings. The second-order valence-corrected chi connectivity index (χ2v) is 9.99. The fourth-order valence-electron chi connectivity index (χ4n) is 4.48. The number of aliphatic hydroxyl groups is 1. The molecule has 0 bridgehead atoms. The average molecular weight is 555 g/mol. The Morgan fingerprint density at radius 1 is 1.00 bits per heavy atom. The van der Waals surface area contributed by atoms with Gasteiger partial charge in [0.2, 0.25) is 0 Å². The van der Waals surface area contributed by atoms with Crippen molar-refractivity contribution < 1.29 is 29.0 Å². The molecule has 1 saturated heterocycles. The fraction of sp³-hybridized carbons (Fsp3) is 0.161. The maximum Gasteiger partial charge on any atom is 0.350 e. The third-order valence-corrected chi connectivity index (χ3v) is 7.50. The Kier molecular flexibility index (Phi) is 7.75. The van der Waals surface area contributed by atoms with E-state index < -0.39 is 23.7 Å². The highest BCUT2D eigenvalue weighted by atomic mass is 32.1. The van der Waals surface area contributed by atoms with Gasteiger partial charge in [-0.2, -0.15) is 0 Å². The molecule has 1 amide bonds. The second-order valence-electron chi connectivity index (χ2n) is 9.01. The minimum absolute atomic E-state index is 0.0815. The molecule has 202 valence electrons. The van der Waals surface area contributed by atoms with E-state index in [-0.39, 0.29) is 27.9 Å². The van der Waals surface area contributed by atoms with Crippen molar-refractivity contribution >= 4 is 39.9 Å². The molecule has 1 aliphatic rings. The van der Waals surface area contributed by atoms with Crippen molar-refractivity contribution in [2.24, 2.45) is 0 Å². The number of ketones is 1. The minimum Gasteiger partial charge on any atom is -0.507 e. The van der Waals surface area contributed by atoms with Crippen molar-refractivity contribution in [3.63, 3.8) is 0 Å². The summed E-state index contributed by atoms with van der Waals surface area (Å²) in [6, 6.07) is 24.2. The Balaban J connectivity index is 1.61. The van der Waals surface area contributed by atoms with Gasteiger partial charge in [-0.3, -0.25) is 14.5 Å². The Bertz CT molecular complexity index is 1600. The molecule has 2 heterocycles. The van der Waals surface area contributed by atoms with Gasteiger partial charge in [0.05, 0.1) is 23.9 Å².